The maximum atomic E-state index is 4.41. The summed E-state index contributed by atoms with van der Waals surface area (Å²) in [5.74, 6) is 1.74. The zero-order valence-electron chi connectivity index (χ0n) is 13.3. The zero-order chi connectivity index (χ0) is 15.9. The number of aromatic nitrogens is 4. The minimum absolute atomic E-state index is 0.840. The second kappa shape index (κ2) is 8.29. The molecule has 0 spiro atoms. The normalized spacial score (nSPS) is 11.3. The predicted molar refractivity (Wildman–Crippen MR) is 93.6 cm³/mol. The molecule has 0 bridgehead atoms. The van der Waals surface area contributed by atoms with Crippen molar-refractivity contribution in [1.29, 1.82) is 0 Å². The molecule has 0 fully saturated rings. The molecular formula is C16H20N4S2. The number of hydrogen-bond acceptors (Lipinski definition) is 6. The monoisotopic (exact) mass is 332 g/mol. The number of hydrogen-bond donors (Lipinski definition) is 0. The van der Waals surface area contributed by atoms with E-state index in [0.717, 1.165) is 44.6 Å². The van der Waals surface area contributed by atoms with Gasteiger partial charge in [-0.2, -0.15) is 0 Å². The lowest BCUT2D eigenvalue weighted by Crippen LogP contribution is -1.93. The molecule has 0 radical (unpaired) electrons. The third-order valence-corrected chi connectivity index (χ3v) is 4.31. The summed E-state index contributed by atoms with van der Waals surface area (Å²) in [5.41, 5.74) is 4.06. The van der Waals surface area contributed by atoms with Crippen LogP contribution in [0.5, 0.6) is 0 Å². The highest BCUT2D eigenvalue weighted by atomic mass is 32.2. The lowest BCUT2D eigenvalue weighted by Gasteiger charge is -2.01. The summed E-state index contributed by atoms with van der Waals surface area (Å²) in [6.07, 6.45) is 4.28. The van der Waals surface area contributed by atoms with E-state index in [-0.39, 0.29) is 0 Å². The lowest BCUT2D eigenvalue weighted by molar-refractivity contribution is 0.903. The average molecular weight is 332 g/mol. The van der Waals surface area contributed by atoms with Crippen LogP contribution in [0.3, 0.4) is 0 Å². The molecule has 2 heterocycles. The molecule has 0 unspecified atom stereocenters. The first-order valence-electron chi connectivity index (χ1n) is 7.08. The highest BCUT2D eigenvalue weighted by Gasteiger charge is 2.00. The van der Waals surface area contributed by atoms with E-state index in [4.69, 9.17) is 0 Å². The van der Waals surface area contributed by atoms with Crippen LogP contribution in [-0.4, -0.2) is 31.4 Å². The minimum atomic E-state index is 0.840. The summed E-state index contributed by atoms with van der Waals surface area (Å²) in [6.45, 7) is 7.98. The number of rotatable bonds is 6. The zero-order valence-corrected chi connectivity index (χ0v) is 15.0. The summed E-state index contributed by atoms with van der Waals surface area (Å²) in [7, 11) is 0. The van der Waals surface area contributed by atoms with Crippen molar-refractivity contribution in [3.05, 3.63) is 47.1 Å². The van der Waals surface area contributed by atoms with Crippen molar-refractivity contribution in [2.75, 3.05) is 11.5 Å². The molecule has 116 valence electrons. The molecule has 0 aliphatic rings. The van der Waals surface area contributed by atoms with Gasteiger partial charge in [-0.25, -0.2) is 19.9 Å². The van der Waals surface area contributed by atoms with Gasteiger partial charge >= 0.3 is 0 Å². The van der Waals surface area contributed by atoms with E-state index in [9.17, 15) is 0 Å². The Morgan fingerprint density at radius 2 is 1.00 bits per heavy atom. The fraction of sp³-hybridized carbons (Fsp3) is 0.375. The Morgan fingerprint density at radius 3 is 1.32 bits per heavy atom. The average Bonchev–Trinajstić information content (AvgIpc) is 2.40. The van der Waals surface area contributed by atoms with Crippen molar-refractivity contribution in [3.63, 3.8) is 0 Å². The first-order valence-corrected chi connectivity index (χ1v) is 9.05. The summed E-state index contributed by atoms with van der Waals surface area (Å²) in [6, 6.07) is 3.97. The summed E-state index contributed by atoms with van der Waals surface area (Å²) < 4.78 is 0. The second-order valence-corrected chi connectivity index (χ2v) is 6.93. The van der Waals surface area contributed by atoms with Gasteiger partial charge in [-0.3, -0.25) is 0 Å². The number of nitrogens with zero attached hydrogens (tertiary/aromatic N) is 4. The maximum Gasteiger partial charge on any atom is 0.188 e. The van der Waals surface area contributed by atoms with Gasteiger partial charge in [0, 0.05) is 34.3 Å². The van der Waals surface area contributed by atoms with Crippen LogP contribution in [0.4, 0.5) is 0 Å². The minimum Gasteiger partial charge on any atom is -0.228 e. The fourth-order valence-electron chi connectivity index (χ4n) is 1.90. The van der Waals surface area contributed by atoms with Crippen LogP contribution in [0.1, 0.15) is 22.8 Å². The first kappa shape index (κ1) is 17.0. The maximum absolute atomic E-state index is 4.41. The van der Waals surface area contributed by atoms with Gasteiger partial charge in [-0.1, -0.05) is 35.7 Å². The fourth-order valence-corrected chi connectivity index (χ4v) is 3.49. The van der Waals surface area contributed by atoms with E-state index in [0.29, 0.717) is 0 Å². The van der Waals surface area contributed by atoms with E-state index >= 15 is 0 Å². The molecule has 0 saturated carbocycles. The van der Waals surface area contributed by atoms with E-state index in [2.05, 4.69) is 32.1 Å². The van der Waals surface area contributed by atoms with Gasteiger partial charge in [0.1, 0.15) is 0 Å². The molecule has 0 saturated heterocycles. The molecular weight excluding hydrogens is 312 g/mol. The highest BCUT2D eigenvalue weighted by Crippen LogP contribution is 2.16. The Labute approximate surface area is 140 Å². The molecule has 0 N–H and O–H groups in total. The lowest BCUT2D eigenvalue weighted by atomic mass is 10.4. The quantitative estimate of drug-likeness (QED) is 0.454. The van der Waals surface area contributed by atoms with E-state index in [1.165, 1.54) is 0 Å². The number of thioether (sulfide) groups is 2. The van der Waals surface area contributed by atoms with Crippen LogP contribution in [0.25, 0.3) is 0 Å². The van der Waals surface area contributed by atoms with Gasteiger partial charge in [-0.15, -0.1) is 0 Å². The first-order chi connectivity index (χ1) is 10.5. The van der Waals surface area contributed by atoms with Gasteiger partial charge in [0.15, 0.2) is 10.3 Å². The van der Waals surface area contributed by atoms with Crippen LogP contribution < -0.4 is 0 Å². The van der Waals surface area contributed by atoms with Crippen molar-refractivity contribution < 1.29 is 0 Å². The summed E-state index contributed by atoms with van der Waals surface area (Å²) in [5, 5.41) is 1.68. The third kappa shape index (κ3) is 5.77. The third-order valence-electron chi connectivity index (χ3n) is 2.71. The van der Waals surface area contributed by atoms with E-state index < -0.39 is 0 Å². The van der Waals surface area contributed by atoms with E-state index in [1.54, 1.807) is 23.5 Å². The Kier molecular flexibility index (Phi) is 6.39. The standard InChI is InChI=1S/C16H20N4S2/c1-11-9-12(2)18-15(17-11)21-7-5-6-8-22-16-19-13(3)10-14(4)20-16/h5-6,9-10H,7-8H2,1-4H3. The highest BCUT2D eigenvalue weighted by molar-refractivity contribution is 7.99. The van der Waals surface area contributed by atoms with Crippen molar-refractivity contribution in [1.82, 2.24) is 19.9 Å². The molecule has 0 aliphatic carbocycles. The Balaban J connectivity index is 1.76. The summed E-state index contributed by atoms with van der Waals surface area (Å²) in [4.78, 5) is 17.6. The second-order valence-electron chi connectivity index (χ2n) is 4.96. The number of aryl methyl sites for hydroxylation is 4. The van der Waals surface area contributed by atoms with Crippen LogP contribution in [0.2, 0.25) is 0 Å². The van der Waals surface area contributed by atoms with Gasteiger partial charge in [0.2, 0.25) is 0 Å². The molecule has 22 heavy (non-hydrogen) atoms. The molecule has 0 atom stereocenters. The van der Waals surface area contributed by atoms with Gasteiger partial charge in [0.05, 0.1) is 0 Å². The molecule has 4 nitrogen and oxygen atoms in total. The Hall–Kier alpha value is -1.40. The Morgan fingerprint density at radius 1 is 0.682 bits per heavy atom. The van der Waals surface area contributed by atoms with Crippen molar-refractivity contribution in [3.8, 4) is 0 Å². The SMILES string of the molecule is Cc1cc(C)nc(SCC=CCSc2nc(C)cc(C)n2)n1. The van der Waals surface area contributed by atoms with Crippen LogP contribution in [-0.2, 0) is 0 Å². The van der Waals surface area contributed by atoms with Crippen LogP contribution >= 0.6 is 23.5 Å². The van der Waals surface area contributed by atoms with Gasteiger partial charge < -0.3 is 0 Å². The van der Waals surface area contributed by atoms with Crippen LogP contribution in [0, 0.1) is 27.7 Å². The molecule has 2 aromatic heterocycles. The van der Waals surface area contributed by atoms with E-state index in [1.807, 2.05) is 39.8 Å². The van der Waals surface area contributed by atoms with Crippen molar-refractivity contribution in [2.45, 2.75) is 38.0 Å². The Bertz CT molecular complexity index is 573. The van der Waals surface area contributed by atoms with Gasteiger partial charge in [0.25, 0.3) is 0 Å². The van der Waals surface area contributed by atoms with Gasteiger partial charge in [-0.05, 0) is 39.8 Å². The van der Waals surface area contributed by atoms with Crippen molar-refractivity contribution in [2.24, 2.45) is 0 Å². The van der Waals surface area contributed by atoms with Crippen molar-refractivity contribution >= 4 is 23.5 Å². The molecule has 2 rings (SSSR count). The topological polar surface area (TPSA) is 51.6 Å². The molecule has 0 amide bonds. The smallest absolute Gasteiger partial charge is 0.188 e. The molecule has 6 heteroatoms. The molecule has 2 aromatic rings. The van der Waals surface area contributed by atoms with Crippen LogP contribution in [0.15, 0.2) is 34.6 Å². The predicted octanol–water partition coefficient (Wildman–Crippen LogP) is 3.94. The molecule has 0 aliphatic heterocycles. The molecule has 0 aromatic carbocycles. The largest absolute Gasteiger partial charge is 0.228 e. The summed E-state index contributed by atoms with van der Waals surface area (Å²) >= 11 is 3.30.